The van der Waals surface area contributed by atoms with Crippen LogP contribution in [-0.4, -0.2) is 48.6 Å². The van der Waals surface area contributed by atoms with E-state index in [1.54, 1.807) is 12.1 Å². The Kier molecular flexibility index (Phi) is 8.97. The van der Waals surface area contributed by atoms with Gasteiger partial charge in [-0.3, -0.25) is 9.69 Å². The molecule has 0 aromatic heterocycles. The molecular weight excluding hydrogens is 452 g/mol. The first-order valence-corrected chi connectivity index (χ1v) is 12.3. The second kappa shape index (κ2) is 11.7. The van der Waals surface area contributed by atoms with E-state index in [1.165, 1.54) is 7.11 Å². The topological polar surface area (TPSA) is 67.9 Å². The standard InChI is InChI=1S/C27H35ClN2O4/c1-5-27(6-2,30-15-14-24(18-30)34-23-9-7-8-22(28)16-23)17-25(31)29-19(3)20-10-12-21(13-11-20)26(32)33-4/h7-13,16,19,24H,5-6,14-15,17-18H2,1-4H3,(H,29,31)/t19?,24-/m1/s1. The van der Waals surface area contributed by atoms with Crippen molar-refractivity contribution in [3.63, 3.8) is 0 Å². The number of hydrogen-bond donors (Lipinski definition) is 1. The first kappa shape index (κ1) is 26.0. The van der Waals surface area contributed by atoms with E-state index in [9.17, 15) is 9.59 Å². The molecule has 3 rings (SSSR count). The molecule has 2 aromatic carbocycles. The normalized spacial score (nSPS) is 17.3. The number of carbonyl (C=O) groups is 2. The molecule has 1 fully saturated rings. The summed E-state index contributed by atoms with van der Waals surface area (Å²) < 4.78 is 10.9. The van der Waals surface area contributed by atoms with Crippen molar-refractivity contribution in [3.8, 4) is 5.75 Å². The summed E-state index contributed by atoms with van der Waals surface area (Å²) in [4.78, 5) is 27.2. The molecule has 1 saturated heterocycles. The Morgan fingerprint density at radius 1 is 1.18 bits per heavy atom. The number of rotatable bonds is 10. The molecule has 2 atom stereocenters. The van der Waals surface area contributed by atoms with Gasteiger partial charge in [-0.2, -0.15) is 0 Å². The number of benzene rings is 2. The van der Waals surface area contributed by atoms with Gasteiger partial charge < -0.3 is 14.8 Å². The molecule has 0 saturated carbocycles. The van der Waals surface area contributed by atoms with Crippen LogP contribution in [-0.2, 0) is 9.53 Å². The van der Waals surface area contributed by atoms with E-state index in [0.717, 1.165) is 43.7 Å². The SMILES string of the molecule is CCC(CC)(CC(=O)NC(C)c1ccc(C(=O)OC)cc1)N1CC[C@@H](Oc2cccc(Cl)c2)C1. The molecule has 0 radical (unpaired) electrons. The maximum absolute atomic E-state index is 13.1. The summed E-state index contributed by atoms with van der Waals surface area (Å²) in [5, 5.41) is 3.80. The minimum Gasteiger partial charge on any atom is -0.489 e. The van der Waals surface area contributed by atoms with Crippen LogP contribution < -0.4 is 10.1 Å². The van der Waals surface area contributed by atoms with Gasteiger partial charge >= 0.3 is 5.97 Å². The van der Waals surface area contributed by atoms with Crippen molar-refractivity contribution in [1.29, 1.82) is 0 Å². The maximum atomic E-state index is 13.1. The number of ether oxygens (including phenoxy) is 2. The fourth-order valence-electron chi connectivity index (χ4n) is 4.75. The third kappa shape index (κ3) is 6.30. The Morgan fingerprint density at radius 2 is 1.88 bits per heavy atom. The molecule has 34 heavy (non-hydrogen) atoms. The first-order chi connectivity index (χ1) is 16.3. The third-order valence-corrected chi connectivity index (χ3v) is 7.16. The van der Waals surface area contributed by atoms with Gasteiger partial charge in [0.05, 0.1) is 18.7 Å². The lowest BCUT2D eigenvalue weighted by atomic mass is 9.86. The smallest absolute Gasteiger partial charge is 0.337 e. The van der Waals surface area contributed by atoms with E-state index in [0.29, 0.717) is 17.0 Å². The Morgan fingerprint density at radius 3 is 2.50 bits per heavy atom. The van der Waals surface area contributed by atoms with Gasteiger partial charge in [0.2, 0.25) is 5.91 Å². The number of methoxy groups -OCH3 is 1. The van der Waals surface area contributed by atoms with Gasteiger partial charge in [-0.25, -0.2) is 4.79 Å². The lowest BCUT2D eigenvalue weighted by Gasteiger charge is -2.40. The molecule has 6 nitrogen and oxygen atoms in total. The Hall–Kier alpha value is -2.57. The van der Waals surface area contributed by atoms with Gasteiger partial charge in [0, 0.05) is 30.1 Å². The zero-order valence-corrected chi connectivity index (χ0v) is 21.2. The predicted octanol–water partition coefficient (Wildman–Crippen LogP) is 5.41. The highest BCUT2D eigenvalue weighted by atomic mass is 35.5. The average Bonchev–Trinajstić information content (AvgIpc) is 3.31. The van der Waals surface area contributed by atoms with Crippen LogP contribution in [0.15, 0.2) is 48.5 Å². The molecular formula is C27H35ClN2O4. The summed E-state index contributed by atoms with van der Waals surface area (Å²) in [5.74, 6) is 0.428. The summed E-state index contributed by atoms with van der Waals surface area (Å²) in [5.41, 5.74) is 1.21. The molecule has 0 bridgehead atoms. The highest BCUT2D eigenvalue weighted by Crippen LogP contribution is 2.33. The molecule has 2 aromatic rings. The summed E-state index contributed by atoms with van der Waals surface area (Å²) in [6.45, 7) is 7.93. The summed E-state index contributed by atoms with van der Waals surface area (Å²) in [7, 11) is 1.36. The van der Waals surface area contributed by atoms with Gasteiger partial charge in [-0.1, -0.05) is 43.6 Å². The number of esters is 1. The van der Waals surface area contributed by atoms with Crippen LogP contribution in [0.25, 0.3) is 0 Å². The van der Waals surface area contributed by atoms with Gasteiger partial charge in [-0.15, -0.1) is 0 Å². The number of nitrogens with zero attached hydrogens (tertiary/aromatic N) is 1. The van der Waals surface area contributed by atoms with Crippen LogP contribution in [0.1, 0.15) is 68.4 Å². The van der Waals surface area contributed by atoms with Crippen LogP contribution in [0.3, 0.4) is 0 Å². The average molecular weight is 487 g/mol. The van der Waals surface area contributed by atoms with Crippen LogP contribution in [0.2, 0.25) is 5.02 Å². The Labute approximate surface area is 207 Å². The summed E-state index contributed by atoms with van der Waals surface area (Å²) in [6.07, 6.45) is 3.17. The van der Waals surface area contributed by atoms with E-state index in [-0.39, 0.29) is 29.6 Å². The van der Waals surface area contributed by atoms with E-state index >= 15 is 0 Å². The monoisotopic (exact) mass is 486 g/mol. The number of halogens is 1. The molecule has 1 aliphatic rings. The van der Waals surface area contributed by atoms with Crippen molar-refractivity contribution >= 4 is 23.5 Å². The Bertz CT molecular complexity index is 975. The first-order valence-electron chi connectivity index (χ1n) is 11.9. The minimum atomic E-state index is -0.373. The zero-order valence-electron chi connectivity index (χ0n) is 20.5. The number of amides is 1. The van der Waals surface area contributed by atoms with Gasteiger partial charge in [0.15, 0.2) is 0 Å². The van der Waals surface area contributed by atoms with Crippen LogP contribution >= 0.6 is 11.6 Å². The van der Waals surface area contributed by atoms with Crippen LogP contribution in [0.4, 0.5) is 0 Å². The molecule has 1 aliphatic heterocycles. The number of nitrogens with one attached hydrogen (secondary N) is 1. The Balaban J connectivity index is 1.60. The quantitative estimate of drug-likeness (QED) is 0.455. The minimum absolute atomic E-state index is 0.0208. The highest BCUT2D eigenvalue weighted by Gasteiger charge is 2.40. The summed E-state index contributed by atoms with van der Waals surface area (Å²) >= 11 is 6.09. The zero-order chi connectivity index (χ0) is 24.7. The second-order valence-electron chi connectivity index (χ2n) is 8.94. The molecule has 1 N–H and O–H groups in total. The van der Waals surface area contributed by atoms with E-state index in [2.05, 4.69) is 24.1 Å². The highest BCUT2D eigenvalue weighted by molar-refractivity contribution is 6.30. The molecule has 1 unspecified atom stereocenters. The van der Waals surface area contributed by atoms with E-state index in [4.69, 9.17) is 21.1 Å². The molecule has 0 spiro atoms. The van der Waals surface area contributed by atoms with E-state index in [1.807, 2.05) is 43.3 Å². The predicted molar refractivity (Wildman–Crippen MR) is 134 cm³/mol. The van der Waals surface area contributed by atoms with Gasteiger partial charge in [0.25, 0.3) is 0 Å². The lowest BCUT2D eigenvalue weighted by molar-refractivity contribution is -0.125. The number of carbonyl (C=O) groups excluding carboxylic acids is 2. The van der Waals surface area contributed by atoms with Gasteiger partial charge in [0.1, 0.15) is 11.9 Å². The fourth-order valence-corrected chi connectivity index (χ4v) is 4.93. The number of hydrogen-bond acceptors (Lipinski definition) is 5. The molecule has 1 heterocycles. The van der Waals surface area contributed by atoms with Crippen molar-refractivity contribution < 1.29 is 19.1 Å². The largest absolute Gasteiger partial charge is 0.489 e. The third-order valence-electron chi connectivity index (χ3n) is 6.93. The molecule has 184 valence electrons. The van der Waals surface area contributed by atoms with Gasteiger partial charge in [-0.05, 0) is 62.1 Å². The van der Waals surface area contributed by atoms with Crippen LogP contribution in [0.5, 0.6) is 5.75 Å². The van der Waals surface area contributed by atoms with E-state index < -0.39 is 0 Å². The van der Waals surface area contributed by atoms with Crippen molar-refractivity contribution in [1.82, 2.24) is 10.2 Å². The summed E-state index contributed by atoms with van der Waals surface area (Å²) in [6, 6.07) is 14.5. The molecule has 7 heteroatoms. The second-order valence-corrected chi connectivity index (χ2v) is 9.38. The maximum Gasteiger partial charge on any atom is 0.337 e. The van der Waals surface area contributed by atoms with Crippen molar-refractivity contribution in [2.45, 2.75) is 64.1 Å². The molecule has 1 amide bonds. The fraction of sp³-hybridized carbons (Fsp3) is 0.481. The van der Waals surface area contributed by atoms with Crippen LogP contribution in [0, 0.1) is 0 Å². The molecule has 0 aliphatic carbocycles. The van der Waals surface area contributed by atoms with Crippen molar-refractivity contribution in [3.05, 3.63) is 64.7 Å². The van der Waals surface area contributed by atoms with Crippen molar-refractivity contribution in [2.24, 2.45) is 0 Å². The number of likely N-dealkylation sites (tertiary alicyclic amines) is 1. The lowest BCUT2D eigenvalue weighted by Crippen LogP contribution is -2.50. The van der Waals surface area contributed by atoms with Crippen molar-refractivity contribution in [2.75, 3.05) is 20.2 Å².